The second-order valence-corrected chi connectivity index (χ2v) is 17.0. The van der Waals surface area contributed by atoms with Gasteiger partial charge in [-0.25, -0.2) is 9.59 Å². The predicted octanol–water partition coefficient (Wildman–Crippen LogP) is 1.48. The minimum Gasteiger partial charge on any atom is -0.463 e. The summed E-state index contributed by atoms with van der Waals surface area (Å²) < 4.78 is 55.2. The Kier molecular flexibility index (Phi) is 21.7. The molecule has 2 aliphatic heterocycles. The number of rotatable bonds is 23. The summed E-state index contributed by atoms with van der Waals surface area (Å²) in [5.41, 5.74) is 0.795. The molecule has 0 radical (unpaired) electrons. The third-order valence-electron chi connectivity index (χ3n) is 9.29. The number of benzene rings is 1. The van der Waals surface area contributed by atoms with E-state index in [9.17, 15) is 33.7 Å². The fraction of sp³-hybridized carbons (Fsp3) is 0.676. The fourth-order valence-corrected chi connectivity index (χ4v) is 7.61. The molecule has 2 fully saturated rings. The van der Waals surface area contributed by atoms with E-state index in [-0.39, 0.29) is 44.4 Å². The van der Waals surface area contributed by atoms with Gasteiger partial charge >= 0.3 is 36.8 Å². The lowest BCUT2D eigenvalue weighted by molar-refractivity contribution is -0.277. The fourth-order valence-electron chi connectivity index (χ4n) is 6.62. The number of nitrogens with one attached hydrogen (secondary N) is 3. The Labute approximate surface area is 355 Å². The molecule has 336 valence electrons. The Bertz CT molecular complexity index is 1620. The van der Waals surface area contributed by atoms with Crippen LogP contribution in [0.4, 0.5) is 9.59 Å². The van der Waals surface area contributed by atoms with Crippen LogP contribution in [0.2, 0.25) is 0 Å². The van der Waals surface area contributed by atoms with Gasteiger partial charge in [0, 0.05) is 66.4 Å². The first-order valence-corrected chi connectivity index (χ1v) is 22.2. The quantitative estimate of drug-likeness (QED) is 0.0399. The smallest absolute Gasteiger partial charge is 0.463 e. The normalized spacial score (nSPS) is 25.8. The number of unbranched alkanes of at least 4 members (excludes halogenated alkanes) is 2. The van der Waals surface area contributed by atoms with Crippen LogP contribution < -0.4 is 16.0 Å². The van der Waals surface area contributed by atoms with Gasteiger partial charge in [0.05, 0.1) is 0 Å². The topological polar surface area (TPSA) is 251 Å². The SMILES string of the molecule is B[C@@H]1O[C@H](COC(=O)OCc2ccccc2)C(OP(O)(=S)OC)[C@@H]1CCCNC(=O)NCCCCCO[C@@H]1O[C@H](COC(C)=O)[C@H](OC(C)=O)[C@H](OC(C)=O)[C@H]1NC(C)=O. The van der Waals surface area contributed by atoms with Crippen LogP contribution in [0.25, 0.3) is 0 Å². The third-order valence-corrected chi connectivity index (χ3v) is 11.0. The molecule has 10 atom stereocenters. The van der Waals surface area contributed by atoms with Gasteiger partial charge in [-0.3, -0.25) is 19.2 Å². The van der Waals surface area contributed by atoms with Crippen LogP contribution in [-0.4, -0.2) is 138 Å². The number of esters is 3. The number of urea groups is 1. The monoisotopic (exact) mass is 889 g/mol. The van der Waals surface area contributed by atoms with Gasteiger partial charge in [0.1, 0.15) is 52.0 Å². The first kappa shape index (κ1) is 50.5. The number of carbonyl (C=O) groups excluding carboxylic acids is 6. The third kappa shape index (κ3) is 18.0. The first-order chi connectivity index (χ1) is 28.5. The van der Waals surface area contributed by atoms with E-state index in [4.69, 9.17) is 58.7 Å². The molecule has 2 unspecified atom stereocenters. The van der Waals surface area contributed by atoms with Crippen molar-refractivity contribution in [3.05, 3.63) is 35.9 Å². The molecule has 3 amide bonds. The van der Waals surface area contributed by atoms with Crippen molar-refractivity contribution in [1.82, 2.24) is 16.0 Å². The number of hydrogen-bond acceptors (Lipinski definition) is 17. The number of amides is 3. The molecule has 0 saturated carbocycles. The van der Waals surface area contributed by atoms with Crippen LogP contribution in [0.3, 0.4) is 0 Å². The van der Waals surface area contributed by atoms with Crippen molar-refractivity contribution in [3.8, 4) is 0 Å². The summed E-state index contributed by atoms with van der Waals surface area (Å²) in [7, 11) is 3.08. The highest BCUT2D eigenvalue weighted by atomic mass is 32.5. The average Bonchev–Trinajstić information content (AvgIpc) is 3.47. The highest BCUT2D eigenvalue weighted by molar-refractivity contribution is 8.07. The lowest BCUT2D eigenvalue weighted by Gasteiger charge is -2.44. The van der Waals surface area contributed by atoms with E-state index in [0.717, 1.165) is 19.4 Å². The molecule has 4 N–H and O–H groups in total. The molecule has 23 heteroatoms. The molecule has 0 aromatic heterocycles. The molecule has 1 aromatic carbocycles. The minimum absolute atomic E-state index is 0.0339. The minimum atomic E-state index is -3.61. The lowest BCUT2D eigenvalue weighted by Crippen LogP contribution is -2.66. The summed E-state index contributed by atoms with van der Waals surface area (Å²) >= 11 is 5.10. The highest BCUT2D eigenvalue weighted by Gasteiger charge is 2.51. The second kappa shape index (κ2) is 25.8. The average molecular weight is 890 g/mol. The van der Waals surface area contributed by atoms with E-state index in [1.807, 2.05) is 38.2 Å². The molecule has 0 aliphatic carbocycles. The van der Waals surface area contributed by atoms with Crippen molar-refractivity contribution in [3.63, 3.8) is 0 Å². The van der Waals surface area contributed by atoms with Crippen LogP contribution in [0, 0.1) is 5.92 Å². The molecule has 0 spiro atoms. The number of ether oxygens (including phenoxy) is 8. The van der Waals surface area contributed by atoms with Crippen molar-refractivity contribution >= 4 is 62.4 Å². The van der Waals surface area contributed by atoms with Gasteiger partial charge in [-0.1, -0.05) is 30.3 Å². The Balaban J connectivity index is 1.42. The van der Waals surface area contributed by atoms with Gasteiger partial charge in [-0.2, -0.15) is 0 Å². The standard InChI is InChI=1S/C37H57BN3O17PS/c1-22(42)41-30-33(55-25(4)45)32(54-24(3)44)29(20-51-23(2)43)57-35(30)50-18-11-7-10-16-39-36(46)40-17-12-15-27-31(58-59(48,60)49-5)28(56-34(27)38)21-53-37(47)52-19-26-13-8-6-9-14-26/h6,8-9,13-14,27-35H,7,10-12,15-21,38H2,1-5H3,(H,41,42)(H,48,60)(H2,39,40,46)/t27-,28+,29+,30+,31?,32-,33+,34+,35+,59?/m0/s1. The Morgan fingerprint density at radius 1 is 0.800 bits per heavy atom. The molecule has 2 aliphatic rings. The zero-order valence-corrected chi connectivity index (χ0v) is 36.4. The second-order valence-electron chi connectivity index (χ2n) is 14.1. The maximum atomic E-state index is 12.5. The van der Waals surface area contributed by atoms with Crippen LogP contribution in [0.1, 0.15) is 65.4 Å². The van der Waals surface area contributed by atoms with Crippen molar-refractivity contribution in [2.24, 2.45) is 5.92 Å². The number of hydrogen-bond donors (Lipinski definition) is 4. The highest BCUT2D eigenvalue weighted by Crippen LogP contribution is 2.48. The van der Waals surface area contributed by atoms with Gasteiger partial charge in [0.15, 0.2) is 18.5 Å². The zero-order chi connectivity index (χ0) is 44.2. The van der Waals surface area contributed by atoms with Gasteiger partial charge in [0.2, 0.25) is 5.91 Å². The molecule has 2 saturated heterocycles. The van der Waals surface area contributed by atoms with E-state index in [0.29, 0.717) is 45.2 Å². The van der Waals surface area contributed by atoms with Crippen LogP contribution in [0.15, 0.2) is 30.3 Å². The van der Waals surface area contributed by atoms with Gasteiger partial charge in [-0.15, -0.1) is 0 Å². The summed E-state index contributed by atoms with van der Waals surface area (Å²) in [4.78, 5) is 82.9. The Morgan fingerprint density at radius 2 is 1.43 bits per heavy atom. The maximum absolute atomic E-state index is 12.5. The molecular formula is C37H57BN3O17PS. The summed E-state index contributed by atoms with van der Waals surface area (Å²) in [5, 5.41) is 8.27. The largest absolute Gasteiger partial charge is 0.508 e. The Morgan fingerprint density at radius 3 is 2.07 bits per heavy atom. The van der Waals surface area contributed by atoms with Gasteiger partial charge in [0.25, 0.3) is 0 Å². The molecule has 1 aromatic rings. The summed E-state index contributed by atoms with van der Waals surface area (Å²) in [5.74, 6) is -2.79. The lowest BCUT2D eigenvalue weighted by atomic mass is 9.82. The van der Waals surface area contributed by atoms with Crippen molar-refractivity contribution in [1.29, 1.82) is 0 Å². The summed E-state index contributed by atoms with van der Waals surface area (Å²) in [6.45, 7) is 1.47. The first-order valence-electron chi connectivity index (χ1n) is 19.6. The van der Waals surface area contributed by atoms with E-state index < -0.39 is 79.5 Å². The Hall–Kier alpha value is -3.89. The number of carbonyl (C=O) groups is 6. The van der Waals surface area contributed by atoms with Crippen molar-refractivity contribution < 1.29 is 80.6 Å². The van der Waals surface area contributed by atoms with Crippen molar-refractivity contribution in [2.45, 2.75) is 115 Å². The van der Waals surface area contributed by atoms with E-state index in [2.05, 4.69) is 16.0 Å². The van der Waals surface area contributed by atoms with Crippen LogP contribution >= 0.6 is 6.72 Å². The predicted molar refractivity (Wildman–Crippen MR) is 216 cm³/mol. The van der Waals surface area contributed by atoms with E-state index in [1.54, 1.807) is 0 Å². The van der Waals surface area contributed by atoms with E-state index in [1.165, 1.54) is 21.0 Å². The van der Waals surface area contributed by atoms with Crippen LogP contribution in [0.5, 0.6) is 0 Å². The maximum Gasteiger partial charge on any atom is 0.508 e. The summed E-state index contributed by atoms with van der Waals surface area (Å²) in [6, 6.07) is 7.33. The summed E-state index contributed by atoms with van der Waals surface area (Å²) in [6.07, 6.45) is -4.27. The molecule has 2 heterocycles. The molecule has 0 bridgehead atoms. The molecule has 20 nitrogen and oxygen atoms in total. The van der Waals surface area contributed by atoms with Gasteiger partial charge in [-0.05, 0) is 49.5 Å². The zero-order valence-electron chi connectivity index (χ0n) is 34.7. The molecule has 3 rings (SSSR count). The van der Waals surface area contributed by atoms with Crippen LogP contribution in [-0.2, 0) is 84.5 Å². The van der Waals surface area contributed by atoms with Crippen molar-refractivity contribution in [2.75, 3.05) is 40.0 Å². The van der Waals surface area contributed by atoms with E-state index >= 15 is 0 Å². The molecule has 60 heavy (non-hydrogen) atoms. The molecular weight excluding hydrogens is 832 g/mol. The van der Waals surface area contributed by atoms with Gasteiger partial charge < -0.3 is 67.8 Å².